The zero-order valence-corrected chi connectivity index (χ0v) is 25.1. The van der Waals surface area contributed by atoms with Crippen molar-refractivity contribution in [2.24, 2.45) is 8.80 Å². The highest BCUT2D eigenvalue weighted by atomic mass is 32.2. The molecule has 0 radical (unpaired) electrons. The van der Waals surface area contributed by atoms with Crippen LogP contribution in [0, 0.1) is 0 Å². The molecule has 1 aliphatic rings. The summed E-state index contributed by atoms with van der Waals surface area (Å²) < 4.78 is 33.8. The number of benzene rings is 4. The van der Waals surface area contributed by atoms with E-state index in [1.54, 1.807) is 0 Å². The molecule has 0 saturated heterocycles. The van der Waals surface area contributed by atoms with Crippen LogP contribution >= 0.6 is 22.7 Å². The molecule has 0 unspecified atom stereocenters. The molecule has 43 heavy (non-hydrogen) atoms. The van der Waals surface area contributed by atoms with Crippen molar-refractivity contribution in [1.82, 2.24) is 0 Å². The Kier molecular flexibility index (Phi) is 7.20. The molecule has 0 saturated carbocycles. The van der Waals surface area contributed by atoms with Gasteiger partial charge < -0.3 is 9.80 Å². The van der Waals surface area contributed by atoms with Gasteiger partial charge in [0, 0.05) is 22.7 Å². The van der Waals surface area contributed by atoms with Crippen LogP contribution in [0.25, 0.3) is 0 Å². The third-order valence-electron chi connectivity index (χ3n) is 6.79. The predicted octanol–water partition coefficient (Wildman–Crippen LogP) is 9.29. The van der Waals surface area contributed by atoms with Gasteiger partial charge in [0.2, 0.25) is 0 Å². The minimum absolute atomic E-state index is 0.358. The van der Waals surface area contributed by atoms with E-state index in [0.29, 0.717) is 11.4 Å². The number of rotatable bonds is 8. The van der Waals surface area contributed by atoms with Crippen LogP contribution in [-0.2, 0) is 10.2 Å². The van der Waals surface area contributed by atoms with Gasteiger partial charge in [0.05, 0.1) is 9.75 Å². The summed E-state index contributed by atoms with van der Waals surface area (Å²) in [6.45, 7) is 0. The van der Waals surface area contributed by atoms with Crippen LogP contribution in [0.2, 0.25) is 0 Å². The van der Waals surface area contributed by atoms with Crippen molar-refractivity contribution in [3.8, 4) is 0 Å². The monoisotopic (exact) mass is 616 g/mol. The van der Waals surface area contributed by atoms with Crippen LogP contribution < -0.4 is 9.80 Å². The van der Waals surface area contributed by atoms with Gasteiger partial charge >= 0.3 is 10.2 Å². The van der Waals surface area contributed by atoms with Gasteiger partial charge in [-0.1, -0.05) is 72.8 Å². The van der Waals surface area contributed by atoms with E-state index in [0.717, 1.165) is 42.5 Å². The third-order valence-corrected chi connectivity index (χ3v) is 9.77. The summed E-state index contributed by atoms with van der Waals surface area (Å²) >= 11 is 2.96. The molecule has 6 nitrogen and oxygen atoms in total. The fourth-order valence-corrected chi connectivity index (χ4v) is 7.99. The Morgan fingerprint density at radius 3 is 1.02 bits per heavy atom. The first-order valence-electron chi connectivity index (χ1n) is 13.5. The largest absolute Gasteiger partial charge is 0.364 e. The second kappa shape index (κ2) is 11.4. The first kappa shape index (κ1) is 27.0. The topological polar surface area (TPSA) is 65.3 Å². The maximum atomic E-state index is 12.8. The molecule has 6 aromatic rings. The maximum absolute atomic E-state index is 12.8. The molecular weight excluding hydrogens is 593 g/mol. The second-order valence-corrected chi connectivity index (χ2v) is 13.0. The van der Waals surface area contributed by atoms with Crippen molar-refractivity contribution < 1.29 is 8.42 Å². The number of nitrogens with zero attached hydrogens (tertiary/aromatic N) is 4. The van der Waals surface area contributed by atoms with Gasteiger partial charge in [-0.05, 0) is 72.8 Å². The summed E-state index contributed by atoms with van der Waals surface area (Å²) in [6.07, 6.45) is 0. The highest BCUT2D eigenvalue weighted by molar-refractivity contribution is 7.89. The quantitative estimate of drug-likeness (QED) is 0.171. The van der Waals surface area contributed by atoms with Gasteiger partial charge in [0.1, 0.15) is 21.4 Å². The van der Waals surface area contributed by atoms with Crippen LogP contribution in [0.1, 0.15) is 9.75 Å². The van der Waals surface area contributed by atoms with Crippen LogP contribution in [0.3, 0.4) is 0 Å². The van der Waals surface area contributed by atoms with Crippen molar-refractivity contribution in [2.45, 2.75) is 0 Å². The van der Waals surface area contributed by atoms with Crippen molar-refractivity contribution in [3.05, 3.63) is 155 Å². The normalized spacial score (nSPS) is 13.8. The van der Waals surface area contributed by atoms with E-state index in [4.69, 9.17) is 0 Å². The van der Waals surface area contributed by atoms with E-state index in [-0.39, 0.29) is 0 Å². The van der Waals surface area contributed by atoms with Crippen molar-refractivity contribution in [2.75, 3.05) is 9.80 Å². The molecule has 3 heterocycles. The fourth-order valence-electron chi connectivity index (χ4n) is 4.93. The molecule has 0 aliphatic carbocycles. The lowest BCUT2D eigenvalue weighted by atomic mass is 10.1. The maximum Gasteiger partial charge on any atom is 0.364 e. The molecule has 0 atom stereocenters. The second-order valence-electron chi connectivity index (χ2n) is 9.62. The first-order chi connectivity index (χ1) is 21.1. The molecule has 0 amide bonds. The lowest BCUT2D eigenvalue weighted by Gasteiger charge is -2.23. The van der Waals surface area contributed by atoms with E-state index >= 15 is 0 Å². The zero-order chi connectivity index (χ0) is 29.2. The number of hydrogen-bond donors (Lipinski definition) is 0. The van der Waals surface area contributed by atoms with Crippen LogP contribution in [0.4, 0.5) is 32.8 Å². The number of anilines is 6. The SMILES string of the molecule is O=S1(=O)N=C(c2ccc(N(c3ccccc3)c3ccccc3)s2)C(c2ccc(N(c3ccccc3)c3ccccc3)s2)=N1. The van der Waals surface area contributed by atoms with Crippen molar-refractivity contribution in [3.63, 3.8) is 0 Å². The molecule has 210 valence electrons. The molecule has 0 spiro atoms. The molecule has 2 aromatic heterocycles. The first-order valence-corrected chi connectivity index (χ1v) is 16.5. The summed E-state index contributed by atoms with van der Waals surface area (Å²) in [5.74, 6) is 0. The number of thiophene rings is 2. The van der Waals surface area contributed by atoms with Gasteiger partial charge in [0.25, 0.3) is 0 Å². The predicted molar refractivity (Wildman–Crippen MR) is 180 cm³/mol. The molecule has 7 rings (SSSR count). The van der Waals surface area contributed by atoms with Crippen molar-refractivity contribution >= 4 is 77.1 Å². The Labute approximate surface area is 258 Å². The highest BCUT2D eigenvalue weighted by Crippen LogP contribution is 2.42. The molecule has 0 fully saturated rings. The Hall–Kier alpha value is -4.83. The third kappa shape index (κ3) is 5.53. The number of para-hydroxylation sites is 4. The molecule has 0 N–H and O–H groups in total. The van der Waals surface area contributed by atoms with E-state index in [9.17, 15) is 8.42 Å². The summed E-state index contributed by atoms with van der Waals surface area (Å²) in [7, 11) is -4.01. The molecule has 4 aromatic carbocycles. The molecule has 9 heteroatoms. The Morgan fingerprint density at radius 1 is 0.419 bits per heavy atom. The Bertz CT molecular complexity index is 1820. The van der Waals surface area contributed by atoms with E-state index in [1.165, 1.54) is 22.7 Å². The molecular formula is C34H24N4O2S3. The van der Waals surface area contributed by atoms with Gasteiger partial charge in [-0.25, -0.2) is 0 Å². The highest BCUT2D eigenvalue weighted by Gasteiger charge is 2.30. The van der Waals surface area contributed by atoms with Crippen LogP contribution in [0.15, 0.2) is 154 Å². The molecule has 1 aliphatic heterocycles. The summed E-state index contributed by atoms with van der Waals surface area (Å²) in [6, 6.07) is 48.2. The summed E-state index contributed by atoms with van der Waals surface area (Å²) in [4.78, 5) is 5.75. The smallest absolute Gasteiger partial charge is 0.302 e. The summed E-state index contributed by atoms with van der Waals surface area (Å²) in [5.41, 5.74) is 4.72. The number of hydrogen-bond acceptors (Lipinski definition) is 6. The lowest BCUT2D eigenvalue weighted by Crippen LogP contribution is -2.11. The standard InChI is InChI=1S/C34H24N4O2S3/c39-43(40)35-33(29-21-23-31(41-29)37(25-13-5-1-6-14-25)26-15-7-2-8-16-26)34(36-43)30-22-24-32(42-30)38(27-17-9-3-10-18-27)28-19-11-4-12-20-28/h1-24H. The molecule has 0 bridgehead atoms. The zero-order valence-electron chi connectivity index (χ0n) is 22.7. The average Bonchev–Trinajstić information content (AvgIpc) is 3.79. The van der Waals surface area contributed by atoms with Gasteiger partial charge in [-0.3, -0.25) is 0 Å². The van der Waals surface area contributed by atoms with Gasteiger partial charge in [-0.2, -0.15) is 8.42 Å². The van der Waals surface area contributed by atoms with Crippen LogP contribution in [-0.4, -0.2) is 19.8 Å². The Morgan fingerprint density at radius 2 is 0.721 bits per heavy atom. The minimum atomic E-state index is -4.01. The fraction of sp³-hybridized carbons (Fsp3) is 0. The van der Waals surface area contributed by atoms with Crippen LogP contribution in [0.5, 0.6) is 0 Å². The average molecular weight is 617 g/mol. The van der Waals surface area contributed by atoms with Gasteiger partial charge in [0.15, 0.2) is 0 Å². The van der Waals surface area contributed by atoms with Gasteiger partial charge in [-0.15, -0.1) is 31.5 Å². The van der Waals surface area contributed by atoms with E-state index < -0.39 is 10.2 Å². The van der Waals surface area contributed by atoms with E-state index in [2.05, 4.69) is 67.1 Å². The lowest BCUT2D eigenvalue weighted by molar-refractivity contribution is 0.601. The Balaban J connectivity index is 1.27. The summed E-state index contributed by atoms with van der Waals surface area (Å²) in [5, 5.41) is 1.87. The van der Waals surface area contributed by atoms with E-state index in [1.807, 2.05) is 97.1 Å². The minimum Gasteiger partial charge on any atom is -0.302 e. The van der Waals surface area contributed by atoms with Crippen molar-refractivity contribution in [1.29, 1.82) is 0 Å².